The molecule has 0 unspecified atom stereocenters. The van der Waals surface area contributed by atoms with E-state index < -0.39 is 0 Å². The van der Waals surface area contributed by atoms with Crippen LogP contribution in [-0.2, 0) is 16.1 Å². The molecule has 0 radical (unpaired) electrons. The molecule has 3 aromatic rings. The molecule has 2 amide bonds. The molecular formula is C21H20ClFN2O3S. The van der Waals surface area contributed by atoms with Gasteiger partial charge in [-0.15, -0.1) is 11.3 Å². The lowest BCUT2D eigenvalue weighted by Gasteiger charge is -2.07. The number of carbonyl (C=O) groups excluding carboxylic acids is 2. The molecule has 0 aliphatic rings. The third-order valence-electron chi connectivity index (χ3n) is 4.25. The molecule has 2 aromatic carbocycles. The van der Waals surface area contributed by atoms with E-state index in [1.807, 2.05) is 0 Å². The maximum absolute atomic E-state index is 14.2. The van der Waals surface area contributed by atoms with Crippen molar-refractivity contribution in [3.05, 3.63) is 63.7 Å². The first-order valence-electron chi connectivity index (χ1n) is 9.02. The van der Waals surface area contributed by atoms with Crippen LogP contribution in [-0.4, -0.2) is 25.5 Å². The van der Waals surface area contributed by atoms with Crippen molar-refractivity contribution < 1.29 is 18.7 Å². The number of anilines is 1. The van der Waals surface area contributed by atoms with E-state index >= 15 is 0 Å². The molecule has 8 heteroatoms. The Morgan fingerprint density at radius 1 is 1.17 bits per heavy atom. The minimum Gasteiger partial charge on any atom is -0.380 e. The Morgan fingerprint density at radius 2 is 1.93 bits per heavy atom. The summed E-state index contributed by atoms with van der Waals surface area (Å²) in [6.07, 6.45) is 0.735. The molecular weight excluding hydrogens is 415 g/mol. The predicted octanol–water partition coefficient (Wildman–Crippen LogP) is 4.99. The van der Waals surface area contributed by atoms with E-state index in [1.165, 1.54) is 24.5 Å². The Balaban J connectivity index is 1.55. The monoisotopic (exact) mass is 434 g/mol. The maximum atomic E-state index is 14.2. The lowest BCUT2D eigenvalue weighted by Crippen LogP contribution is -2.25. The van der Waals surface area contributed by atoms with E-state index in [9.17, 15) is 14.0 Å². The Hall–Kier alpha value is -2.48. The number of halogens is 2. The van der Waals surface area contributed by atoms with Gasteiger partial charge in [0.15, 0.2) is 0 Å². The fraction of sp³-hybridized carbons (Fsp3) is 0.238. The van der Waals surface area contributed by atoms with Gasteiger partial charge in [-0.05, 0) is 42.8 Å². The molecule has 0 fully saturated rings. The van der Waals surface area contributed by atoms with Gasteiger partial charge in [0.05, 0.1) is 11.5 Å². The number of amides is 2. The summed E-state index contributed by atoms with van der Waals surface area (Å²) in [6.45, 7) is 0.475. The number of hydrogen-bond acceptors (Lipinski definition) is 4. The van der Waals surface area contributed by atoms with Crippen LogP contribution in [0.3, 0.4) is 0 Å². The molecule has 152 valence electrons. The summed E-state index contributed by atoms with van der Waals surface area (Å²) in [5.41, 5.74) is 1.21. The van der Waals surface area contributed by atoms with Crippen molar-refractivity contribution in [1.29, 1.82) is 0 Å². The lowest BCUT2D eigenvalue weighted by atomic mass is 10.1. The van der Waals surface area contributed by atoms with Gasteiger partial charge in [0.1, 0.15) is 5.82 Å². The highest BCUT2D eigenvalue weighted by atomic mass is 35.5. The van der Waals surface area contributed by atoms with Crippen molar-refractivity contribution in [3.63, 3.8) is 0 Å². The van der Waals surface area contributed by atoms with Crippen LogP contribution in [0.15, 0.2) is 42.5 Å². The highest BCUT2D eigenvalue weighted by Gasteiger charge is 2.20. The van der Waals surface area contributed by atoms with Gasteiger partial charge in [-0.25, -0.2) is 4.39 Å². The van der Waals surface area contributed by atoms with E-state index in [0.717, 1.165) is 0 Å². The smallest absolute Gasteiger partial charge is 0.261 e. The van der Waals surface area contributed by atoms with Crippen LogP contribution in [0.4, 0.5) is 10.1 Å². The first-order chi connectivity index (χ1) is 14.0. The minimum atomic E-state index is -0.372. The molecule has 0 bridgehead atoms. The maximum Gasteiger partial charge on any atom is 0.261 e. The third-order valence-corrected chi connectivity index (χ3v) is 5.70. The lowest BCUT2D eigenvalue weighted by molar-refractivity contribution is -0.116. The average Bonchev–Trinajstić information content (AvgIpc) is 3.07. The van der Waals surface area contributed by atoms with Gasteiger partial charge in [-0.1, -0.05) is 17.7 Å². The first kappa shape index (κ1) is 21.2. The second kappa shape index (κ2) is 9.82. The van der Waals surface area contributed by atoms with Crippen LogP contribution in [0.5, 0.6) is 0 Å². The predicted molar refractivity (Wildman–Crippen MR) is 114 cm³/mol. The number of methoxy groups -OCH3 is 1. The second-order valence-electron chi connectivity index (χ2n) is 6.37. The van der Waals surface area contributed by atoms with Crippen molar-refractivity contribution in [2.24, 2.45) is 0 Å². The molecule has 1 heterocycles. The molecule has 2 N–H and O–H groups in total. The molecule has 1 aromatic heterocycles. The molecule has 5 nitrogen and oxygen atoms in total. The largest absolute Gasteiger partial charge is 0.380 e. The summed E-state index contributed by atoms with van der Waals surface area (Å²) in [5, 5.41) is 6.59. The Morgan fingerprint density at radius 3 is 2.66 bits per heavy atom. The molecule has 0 aliphatic carbocycles. The summed E-state index contributed by atoms with van der Waals surface area (Å²) in [5.74, 6) is -0.815. The van der Waals surface area contributed by atoms with E-state index in [0.29, 0.717) is 44.2 Å². The Kier molecular flexibility index (Phi) is 7.19. The van der Waals surface area contributed by atoms with Crippen LogP contribution in [0, 0.1) is 5.82 Å². The summed E-state index contributed by atoms with van der Waals surface area (Å²) in [6, 6.07) is 11.6. The molecule has 3 rings (SSSR count). The zero-order valence-corrected chi connectivity index (χ0v) is 17.3. The number of carbonyl (C=O) groups is 2. The zero-order valence-electron chi connectivity index (χ0n) is 15.8. The molecule has 0 spiro atoms. The quantitative estimate of drug-likeness (QED) is 0.491. The van der Waals surface area contributed by atoms with Crippen molar-refractivity contribution in [1.82, 2.24) is 5.32 Å². The van der Waals surface area contributed by atoms with Gasteiger partial charge < -0.3 is 15.4 Å². The number of benzene rings is 2. The highest BCUT2D eigenvalue weighted by molar-refractivity contribution is 7.21. The molecule has 0 aliphatic heterocycles. The minimum absolute atomic E-state index is 0.146. The highest BCUT2D eigenvalue weighted by Crippen LogP contribution is 2.33. The fourth-order valence-corrected chi connectivity index (χ4v) is 4.18. The number of rotatable bonds is 8. The van der Waals surface area contributed by atoms with Crippen molar-refractivity contribution in [3.8, 4) is 0 Å². The number of thiophene rings is 1. The molecule has 29 heavy (non-hydrogen) atoms. The van der Waals surface area contributed by atoms with Gasteiger partial charge in [-0.2, -0.15) is 0 Å². The topological polar surface area (TPSA) is 67.4 Å². The Bertz CT molecular complexity index is 1020. The zero-order chi connectivity index (χ0) is 20.8. The molecule has 0 saturated carbocycles. The van der Waals surface area contributed by atoms with Gasteiger partial charge in [-0.3, -0.25) is 9.59 Å². The fourth-order valence-electron chi connectivity index (χ4n) is 2.92. The number of ether oxygens (including phenoxy) is 1. The van der Waals surface area contributed by atoms with Crippen LogP contribution in [0.25, 0.3) is 10.1 Å². The van der Waals surface area contributed by atoms with E-state index in [-0.39, 0.29) is 30.7 Å². The first-order valence-corrected chi connectivity index (χ1v) is 10.2. The summed E-state index contributed by atoms with van der Waals surface area (Å²) >= 11 is 7.05. The van der Waals surface area contributed by atoms with Crippen LogP contribution < -0.4 is 10.6 Å². The van der Waals surface area contributed by atoms with Gasteiger partial charge in [0.25, 0.3) is 5.91 Å². The Labute approximate surface area is 176 Å². The third kappa shape index (κ3) is 5.32. The molecule has 0 saturated heterocycles. The second-order valence-corrected chi connectivity index (χ2v) is 7.86. The standard InChI is InChI=1S/C21H20ClFN2O3S/c1-28-12-15-19-16(23)4-2-5-17(19)29-20(15)21(27)24-11-3-6-18(26)25-14-9-7-13(22)8-10-14/h2,4-5,7-10H,3,6,11-12H2,1H3,(H,24,27)(H,25,26). The number of hydrogen-bond donors (Lipinski definition) is 2. The van der Waals surface area contributed by atoms with Gasteiger partial charge in [0.2, 0.25) is 5.91 Å². The number of nitrogens with one attached hydrogen (secondary N) is 2. The van der Waals surface area contributed by atoms with E-state index in [4.69, 9.17) is 16.3 Å². The van der Waals surface area contributed by atoms with Gasteiger partial charge in [0, 0.05) is 46.4 Å². The summed E-state index contributed by atoms with van der Waals surface area (Å²) < 4.78 is 20.1. The molecule has 0 atom stereocenters. The average molecular weight is 435 g/mol. The number of fused-ring (bicyclic) bond motifs is 1. The summed E-state index contributed by atoms with van der Waals surface area (Å²) in [7, 11) is 1.51. The normalized spacial score (nSPS) is 10.9. The van der Waals surface area contributed by atoms with Crippen LogP contribution in [0.1, 0.15) is 28.1 Å². The van der Waals surface area contributed by atoms with Gasteiger partial charge >= 0.3 is 0 Å². The van der Waals surface area contributed by atoms with Crippen LogP contribution >= 0.6 is 22.9 Å². The van der Waals surface area contributed by atoms with Crippen LogP contribution in [0.2, 0.25) is 5.02 Å². The van der Waals surface area contributed by atoms with Crippen molar-refractivity contribution >= 4 is 50.5 Å². The van der Waals surface area contributed by atoms with Crippen molar-refractivity contribution in [2.45, 2.75) is 19.4 Å². The van der Waals surface area contributed by atoms with E-state index in [2.05, 4.69) is 10.6 Å². The van der Waals surface area contributed by atoms with E-state index in [1.54, 1.807) is 36.4 Å². The summed E-state index contributed by atoms with van der Waals surface area (Å²) in [4.78, 5) is 25.0. The van der Waals surface area contributed by atoms with Crippen molar-refractivity contribution in [2.75, 3.05) is 19.0 Å². The SMILES string of the molecule is COCc1c(C(=O)NCCCC(=O)Nc2ccc(Cl)cc2)sc2cccc(F)c12.